The molecule has 1 aliphatic carbocycles. The van der Waals surface area contributed by atoms with Crippen LogP contribution in [0, 0.1) is 0 Å². The monoisotopic (exact) mass is 330 g/mol. The van der Waals surface area contributed by atoms with Gasteiger partial charge in [0.05, 0.1) is 5.69 Å². The highest BCUT2D eigenvalue weighted by molar-refractivity contribution is 9.10. The Morgan fingerprint density at radius 3 is 2.32 bits per heavy atom. The Morgan fingerprint density at radius 2 is 1.79 bits per heavy atom. The third kappa shape index (κ3) is 2.54. The van der Waals surface area contributed by atoms with Gasteiger partial charge in [0.15, 0.2) is 5.69 Å². The van der Waals surface area contributed by atoms with Crippen LogP contribution in [0.15, 0.2) is 34.8 Å². The highest BCUT2D eigenvalue weighted by Gasteiger charge is 2.38. The first kappa shape index (κ1) is 12.7. The van der Waals surface area contributed by atoms with Crippen molar-refractivity contribution in [2.75, 3.05) is 0 Å². The second kappa shape index (κ2) is 4.37. The van der Waals surface area contributed by atoms with E-state index >= 15 is 0 Å². The maximum atomic E-state index is 12.8. The minimum atomic E-state index is -4.40. The summed E-state index contributed by atoms with van der Waals surface area (Å²) in [6.45, 7) is 0. The molecule has 0 N–H and O–H groups in total. The van der Waals surface area contributed by atoms with Crippen molar-refractivity contribution < 1.29 is 13.2 Å². The topological polar surface area (TPSA) is 17.8 Å². The fourth-order valence-corrected chi connectivity index (χ4v) is 2.26. The predicted molar refractivity (Wildman–Crippen MR) is 68.2 cm³/mol. The van der Waals surface area contributed by atoms with Gasteiger partial charge in [-0.2, -0.15) is 18.3 Å². The van der Waals surface area contributed by atoms with Gasteiger partial charge in [-0.15, -0.1) is 0 Å². The summed E-state index contributed by atoms with van der Waals surface area (Å²) in [5.74, 6) is 0.201. The van der Waals surface area contributed by atoms with Gasteiger partial charge in [0.2, 0.25) is 0 Å². The molecule has 0 atom stereocenters. The molecule has 6 heteroatoms. The quantitative estimate of drug-likeness (QED) is 0.790. The first-order chi connectivity index (χ1) is 8.95. The number of alkyl halides is 3. The van der Waals surface area contributed by atoms with E-state index < -0.39 is 11.9 Å². The zero-order valence-electron chi connectivity index (χ0n) is 9.78. The first-order valence-corrected chi connectivity index (χ1v) is 6.67. The Kier molecular flexibility index (Phi) is 2.92. The largest absolute Gasteiger partial charge is 0.435 e. The summed E-state index contributed by atoms with van der Waals surface area (Å²) in [6, 6.07) is 8.26. The van der Waals surface area contributed by atoms with E-state index in [9.17, 15) is 13.2 Å². The average Bonchev–Trinajstić information content (AvgIpc) is 3.08. The van der Waals surface area contributed by atoms with E-state index in [0.29, 0.717) is 11.4 Å². The summed E-state index contributed by atoms with van der Waals surface area (Å²) in [7, 11) is 0. The molecule has 2 aromatic rings. The molecule has 0 amide bonds. The number of rotatable bonds is 2. The van der Waals surface area contributed by atoms with Gasteiger partial charge in [0, 0.05) is 16.1 Å². The molecule has 1 aliphatic rings. The zero-order chi connectivity index (χ0) is 13.6. The summed E-state index contributed by atoms with van der Waals surface area (Å²) >= 11 is 3.31. The van der Waals surface area contributed by atoms with Crippen LogP contribution in [0.5, 0.6) is 0 Å². The van der Waals surface area contributed by atoms with Crippen molar-refractivity contribution in [1.29, 1.82) is 0 Å². The van der Waals surface area contributed by atoms with E-state index in [1.54, 1.807) is 24.3 Å². The predicted octanol–water partition coefficient (Wildman–Crippen LogP) is 4.53. The Morgan fingerprint density at radius 1 is 1.16 bits per heavy atom. The molecule has 0 aliphatic heterocycles. The zero-order valence-corrected chi connectivity index (χ0v) is 11.4. The highest BCUT2D eigenvalue weighted by atomic mass is 79.9. The number of halogens is 4. The average molecular weight is 331 g/mol. The summed E-state index contributed by atoms with van der Waals surface area (Å²) in [6.07, 6.45) is -2.54. The molecule has 0 bridgehead atoms. The van der Waals surface area contributed by atoms with Gasteiger partial charge < -0.3 is 0 Å². The highest BCUT2D eigenvalue weighted by Crippen LogP contribution is 2.42. The van der Waals surface area contributed by atoms with Crippen LogP contribution in [-0.4, -0.2) is 9.78 Å². The number of hydrogen-bond acceptors (Lipinski definition) is 1. The Labute approximate surface area is 116 Å². The minimum absolute atomic E-state index is 0.201. The molecule has 0 radical (unpaired) electrons. The van der Waals surface area contributed by atoms with E-state index in [1.165, 1.54) is 10.7 Å². The molecule has 2 nitrogen and oxygen atoms in total. The van der Waals surface area contributed by atoms with Crippen molar-refractivity contribution in [3.63, 3.8) is 0 Å². The number of nitrogens with zero attached hydrogens (tertiary/aromatic N) is 2. The van der Waals surface area contributed by atoms with E-state index in [1.807, 2.05) is 0 Å². The summed E-state index contributed by atoms with van der Waals surface area (Å²) in [4.78, 5) is 0. The molecule has 100 valence electrons. The van der Waals surface area contributed by atoms with Crippen LogP contribution >= 0.6 is 15.9 Å². The van der Waals surface area contributed by atoms with Gasteiger partial charge in [-0.25, -0.2) is 4.68 Å². The van der Waals surface area contributed by atoms with Crippen molar-refractivity contribution in [3.8, 4) is 5.69 Å². The van der Waals surface area contributed by atoms with Gasteiger partial charge >= 0.3 is 6.18 Å². The second-order valence-electron chi connectivity index (χ2n) is 4.61. The Hall–Kier alpha value is -1.30. The van der Waals surface area contributed by atoms with Gasteiger partial charge in [-0.3, -0.25) is 0 Å². The van der Waals surface area contributed by atoms with Crippen LogP contribution < -0.4 is 0 Å². The van der Waals surface area contributed by atoms with Crippen molar-refractivity contribution in [3.05, 3.63) is 46.2 Å². The van der Waals surface area contributed by atoms with Gasteiger partial charge in [0.25, 0.3) is 0 Å². The molecule has 3 rings (SSSR count). The second-order valence-corrected chi connectivity index (χ2v) is 5.53. The SMILES string of the molecule is FC(F)(F)c1cc(C2CC2)n(-c2ccc(Br)cc2)n1. The summed E-state index contributed by atoms with van der Waals surface area (Å²) < 4.78 is 40.6. The Bertz CT molecular complexity index is 597. The van der Waals surface area contributed by atoms with Crippen LogP contribution in [0.25, 0.3) is 5.69 Å². The molecular weight excluding hydrogens is 321 g/mol. The molecular formula is C13H10BrF3N2. The van der Waals surface area contributed by atoms with E-state index in [2.05, 4.69) is 21.0 Å². The number of aromatic nitrogens is 2. The lowest BCUT2D eigenvalue weighted by Gasteiger charge is -2.06. The van der Waals surface area contributed by atoms with Crippen molar-refractivity contribution in [2.45, 2.75) is 24.9 Å². The van der Waals surface area contributed by atoms with Crippen LogP contribution in [0.3, 0.4) is 0 Å². The van der Waals surface area contributed by atoms with Gasteiger partial charge in [-0.05, 0) is 43.2 Å². The molecule has 0 saturated heterocycles. The summed E-state index contributed by atoms with van der Waals surface area (Å²) in [5.41, 5.74) is 0.479. The summed E-state index contributed by atoms with van der Waals surface area (Å²) in [5, 5.41) is 3.72. The van der Waals surface area contributed by atoms with Crippen molar-refractivity contribution >= 4 is 15.9 Å². The fraction of sp³-hybridized carbons (Fsp3) is 0.308. The molecule has 0 spiro atoms. The lowest BCUT2D eigenvalue weighted by molar-refractivity contribution is -0.141. The normalized spacial score (nSPS) is 15.8. The molecule has 1 aromatic heterocycles. The van der Waals surface area contributed by atoms with E-state index in [4.69, 9.17) is 0 Å². The molecule has 0 unspecified atom stereocenters. The molecule has 1 aromatic carbocycles. The van der Waals surface area contributed by atoms with Crippen LogP contribution in [0.4, 0.5) is 13.2 Å². The minimum Gasteiger partial charge on any atom is -0.237 e. The maximum Gasteiger partial charge on any atom is 0.435 e. The molecule has 19 heavy (non-hydrogen) atoms. The van der Waals surface area contributed by atoms with E-state index in [-0.39, 0.29) is 5.92 Å². The fourth-order valence-electron chi connectivity index (χ4n) is 1.99. The number of hydrogen-bond donors (Lipinski definition) is 0. The van der Waals surface area contributed by atoms with Gasteiger partial charge in [0.1, 0.15) is 0 Å². The molecule has 1 saturated carbocycles. The maximum absolute atomic E-state index is 12.8. The Balaban J connectivity index is 2.08. The third-order valence-corrected chi connectivity index (χ3v) is 3.62. The third-order valence-electron chi connectivity index (χ3n) is 3.09. The lowest BCUT2D eigenvalue weighted by Crippen LogP contribution is -2.07. The van der Waals surface area contributed by atoms with Crippen molar-refractivity contribution in [1.82, 2.24) is 9.78 Å². The lowest BCUT2D eigenvalue weighted by atomic mass is 10.2. The molecule has 1 fully saturated rings. The van der Waals surface area contributed by atoms with Gasteiger partial charge in [-0.1, -0.05) is 15.9 Å². The standard InChI is InChI=1S/C13H10BrF3N2/c14-9-3-5-10(6-4-9)19-11(8-1-2-8)7-12(18-19)13(15,16)17/h3-8H,1-2H2. The van der Waals surface area contributed by atoms with Crippen molar-refractivity contribution in [2.24, 2.45) is 0 Å². The van der Waals surface area contributed by atoms with Crippen LogP contribution in [0.2, 0.25) is 0 Å². The van der Waals surface area contributed by atoms with E-state index in [0.717, 1.165) is 17.3 Å². The smallest absolute Gasteiger partial charge is 0.237 e. The molecule has 1 heterocycles. The van der Waals surface area contributed by atoms with Crippen LogP contribution in [-0.2, 0) is 6.18 Å². The first-order valence-electron chi connectivity index (χ1n) is 5.88. The number of benzene rings is 1. The van der Waals surface area contributed by atoms with Crippen LogP contribution in [0.1, 0.15) is 30.1 Å².